The normalized spacial score (nSPS) is 22.5. The third kappa shape index (κ3) is 6.65. The van der Waals surface area contributed by atoms with Gasteiger partial charge in [0.2, 0.25) is 5.95 Å². The van der Waals surface area contributed by atoms with Crippen molar-refractivity contribution < 1.29 is 14.4 Å². The SMILES string of the molecule is COc1cccc(NC(=O)ON2CCC(Nc3nc(N[C@H]4CC[C@H](N)CC4)nc4c3ncn4C3CCCC3)CC2)c1. The number of fused-ring (bicyclic) bond motifs is 1. The van der Waals surface area contributed by atoms with E-state index in [1.807, 2.05) is 18.5 Å². The van der Waals surface area contributed by atoms with Gasteiger partial charge in [-0.05, 0) is 63.5 Å². The van der Waals surface area contributed by atoms with Gasteiger partial charge in [-0.15, -0.1) is 5.06 Å². The molecule has 220 valence electrons. The number of nitrogens with one attached hydrogen (secondary N) is 3. The Kier molecular flexibility index (Phi) is 8.38. The van der Waals surface area contributed by atoms with Crippen LogP contribution in [0.2, 0.25) is 0 Å². The van der Waals surface area contributed by atoms with Gasteiger partial charge in [0.1, 0.15) is 5.75 Å². The first-order valence-corrected chi connectivity index (χ1v) is 14.9. The average Bonchev–Trinajstić information content (AvgIpc) is 3.66. The van der Waals surface area contributed by atoms with Crippen molar-refractivity contribution in [2.75, 3.05) is 36.1 Å². The van der Waals surface area contributed by atoms with Crippen LogP contribution in [0.15, 0.2) is 30.6 Å². The summed E-state index contributed by atoms with van der Waals surface area (Å²) >= 11 is 0. The number of rotatable bonds is 8. The highest BCUT2D eigenvalue weighted by Gasteiger charge is 2.27. The van der Waals surface area contributed by atoms with Crippen molar-refractivity contribution in [3.63, 3.8) is 0 Å². The maximum absolute atomic E-state index is 12.5. The highest BCUT2D eigenvalue weighted by molar-refractivity contribution is 5.85. The lowest BCUT2D eigenvalue weighted by Gasteiger charge is -2.31. The van der Waals surface area contributed by atoms with Crippen LogP contribution in [-0.2, 0) is 4.84 Å². The molecule has 0 radical (unpaired) electrons. The van der Waals surface area contributed by atoms with E-state index in [4.69, 9.17) is 30.3 Å². The number of methoxy groups -OCH3 is 1. The smallest absolute Gasteiger partial charge is 0.430 e. The fourth-order valence-electron chi connectivity index (χ4n) is 6.22. The van der Waals surface area contributed by atoms with Crippen LogP contribution in [0.3, 0.4) is 0 Å². The van der Waals surface area contributed by atoms with Crippen LogP contribution in [0.25, 0.3) is 11.2 Å². The number of nitrogens with zero attached hydrogens (tertiary/aromatic N) is 5. The summed E-state index contributed by atoms with van der Waals surface area (Å²) in [5.74, 6) is 2.08. The van der Waals surface area contributed by atoms with E-state index in [0.717, 1.165) is 68.3 Å². The molecule has 3 heterocycles. The van der Waals surface area contributed by atoms with Crippen LogP contribution in [-0.4, -0.2) is 69.0 Å². The van der Waals surface area contributed by atoms with Gasteiger partial charge in [-0.25, -0.2) is 9.78 Å². The first kappa shape index (κ1) is 27.5. The summed E-state index contributed by atoms with van der Waals surface area (Å²) in [5, 5.41) is 11.7. The fourth-order valence-corrected chi connectivity index (χ4v) is 6.22. The Morgan fingerprint density at radius 1 is 0.976 bits per heavy atom. The van der Waals surface area contributed by atoms with Crippen molar-refractivity contribution in [3.05, 3.63) is 30.6 Å². The molecule has 0 bridgehead atoms. The Labute approximate surface area is 240 Å². The van der Waals surface area contributed by atoms with Crippen molar-refractivity contribution in [3.8, 4) is 5.75 Å². The number of ether oxygens (including phenoxy) is 1. The lowest BCUT2D eigenvalue weighted by atomic mass is 9.92. The molecule has 41 heavy (non-hydrogen) atoms. The third-order valence-corrected chi connectivity index (χ3v) is 8.57. The maximum Gasteiger partial charge on any atom is 0.430 e. The van der Waals surface area contributed by atoms with E-state index >= 15 is 0 Å². The van der Waals surface area contributed by atoms with Crippen LogP contribution in [0, 0.1) is 0 Å². The molecule has 0 unspecified atom stereocenters. The Morgan fingerprint density at radius 2 is 1.73 bits per heavy atom. The minimum atomic E-state index is -0.515. The molecule has 12 heteroatoms. The molecule has 3 aromatic rings. The monoisotopic (exact) mass is 563 g/mol. The summed E-state index contributed by atoms with van der Waals surface area (Å²) < 4.78 is 7.46. The van der Waals surface area contributed by atoms with Gasteiger partial charge >= 0.3 is 6.09 Å². The van der Waals surface area contributed by atoms with Gasteiger partial charge in [0, 0.05) is 49.0 Å². The number of hydrogen-bond acceptors (Lipinski definition) is 10. The summed E-state index contributed by atoms with van der Waals surface area (Å²) in [4.78, 5) is 32.7. The Bertz CT molecular complexity index is 1330. The Morgan fingerprint density at radius 3 is 2.49 bits per heavy atom. The molecule has 0 spiro atoms. The number of imidazole rings is 1. The van der Waals surface area contributed by atoms with Crippen LogP contribution in [0.4, 0.5) is 22.2 Å². The molecular formula is C29H41N9O3. The minimum Gasteiger partial charge on any atom is -0.497 e. The highest BCUT2D eigenvalue weighted by Crippen LogP contribution is 2.34. The lowest BCUT2D eigenvalue weighted by molar-refractivity contribution is -0.106. The average molecular weight is 564 g/mol. The van der Waals surface area contributed by atoms with E-state index in [-0.39, 0.29) is 6.04 Å². The number of nitrogens with two attached hydrogens (primary N) is 1. The molecule has 1 saturated heterocycles. The highest BCUT2D eigenvalue weighted by atomic mass is 16.7. The predicted molar refractivity (Wildman–Crippen MR) is 158 cm³/mol. The van der Waals surface area contributed by atoms with Crippen LogP contribution in [0.5, 0.6) is 5.75 Å². The summed E-state index contributed by atoms with van der Waals surface area (Å²) in [5.41, 5.74) is 8.45. The predicted octanol–water partition coefficient (Wildman–Crippen LogP) is 4.67. The van der Waals surface area contributed by atoms with Crippen molar-refractivity contribution in [1.82, 2.24) is 24.6 Å². The summed E-state index contributed by atoms with van der Waals surface area (Å²) in [6.07, 6.45) is 11.9. The molecular weight excluding hydrogens is 522 g/mol. The number of amides is 1. The van der Waals surface area contributed by atoms with Crippen molar-refractivity contribution in [2.24, 2.45) is 5.73 Å². The number of hydroxylamine groups is 2. The van der Waals surface area contributed by atoms with E-state index in [1.165, 1.54) is 12.8 Å². The van der Waals surface area contributed by atoms with E-state index < -0.39 is 6.09 Å². The zero-order valence-corrected chi connectivity index (χ0v) is 23.7. The van der Waals surface area contributed by atoms with E-state index in [1.54, 1.807) is 24.3 Å². The second-order valence-electron chi connectivity index (χ2n) is 11.5. The van der Waals surface area contributed by atoms with Gasteiger partial charge in [-0.1, -0.05) is 18.9 Å². The summed E-state index contributed by atoms with van der Waals surface area (Å²) in [6.45, 7) is 1.22. The first-order chi connectivity index (χ1) is 20.0. The molecule has 3 fully saturated rings. The fraction of sp³-hybridized carbons (Fsp3) is 0.586. The van der Waals surface area contributed by atoms with E-state index in [2.05, 4.69) is 20.5 Å². The Hall–Kier alpha value is -3.64. The zero-order chi connectivity index (χ0) is 28.2. The number of hydrogen-bond donors (Lipinski definition) is 4. The number of benzene rings is 1. The minimum absolute atomic E-state index is 0.173. The molecule has 1 amide bonds. The van der Waals surface area contributed by atoms with Gasteiger partial charge in [0.05, 0.1) is 13.4 Å². The molecule has 1 aromatic carbocycles. The first-order valence-electron chi connectivity index (χ1n) is 14.9. The standard InChI is InChI=1S/C29H41N9O3/c1-40-24-8-4-5-22(17-24)34-29(39)41-37-15-13-21(14-16-37)32-26-25-27(38(18-31-25)23-6-2-3-7-23)36-28(35-26)33-20-11-9-19(30)10-12-20/h4-5,8,17-21,23H,2-3,6-7,9-16,30H2,1H3,(H,34,39)(H2,32,33,35,36)/t19-,20-. The molecule has 5 N–H and O–H groups in total. The van der Waals surface area contributed by atoms with Gasteiger partial charge in [0.25, 0.3) is 0 Å². The summed E-state index contributed by atoms with van der Waals surface area (Å²) in [6, 6.07) is 8.41. The lowest BCUT2D eigenvalue weighted by Crippen LogP contribution is -2.41. The molecule has 1 aliphatic heterocycles. The van der Waals surface area contributed by atoms with Crippen molar-refractivity contribution >= 4 is 34.7 Å². The molecule has 2 aromatic heterocycles. The second kappa shape index (κ2) is 12.5. The van der Waals surface area contributed by atoms with Crippen LogP contribution < -0.4 is 26.4 Å². The maximum atomic E-state index is 12.5. The molecule has 2 saturated carbocycles. The van der Waals surface area contributed by atoms with Crippen molar-refractivity contribution in [1.29, 1.82) is 0 Å². The zero-order valence-electron chi connectivity index (χ0n) is 23.7. The van der Waals surface area contributed by atoms with Gasteiger partial charge in [0.15, 0.2) is 17.0 Å². The number of anilines is 3. The molecule has 0 atom stereocenters. The third-order valence-electron chi connectivity index (χ3n) is 8.57. The largest absolute Gasteiger partial charge is 0.497 e. The van der Waals surface area contributed by atoms with Gasteiger partial charge in [-0.2, -0.15) is 9.97 Å². The summed E-state index contributed by atoms with van der Waals surface area (Å²) in [7, 11) is 1.59. The molecule has 6 rings (SSSR count). The van der Waals surface area contributed by atoms with E-state index in [0.29, 0.717) is 48.6 Å². The van der Waals surface area contributed by atoms with Gasteiger partial charge in [-0.3, -0.25) is 5.32 Å². The number of carbonyl (C=O) groups excluding carboxylic acids is 1. The molecule has 2 aliphatic carbocycles. The Balaban J connectivity index is 1.11. The quantitative estimate of drug-likeness (QED) is 0.305. The van der Waals surface area contributed by atoms with Crippen molar-refractivity contribution in [2.45, 2.75) is 88.4 Å². The second-order valence-corrected chi connectivity index (χ2v) is 11.5. The topological polar surface area (TPSA) is 144 Å². The number of aromatic nitrogens is 4. The number of carbonyl (C=O) groups is 1. The van der Waals surface area contributed by atoms with Gasteiger partial charge < -0.3 is 30.5 Å². The molecule has 12 nitrogen and oxygen atoms in total. The molecule has 3 aliphatic rings. The number of piperidine rings is 1. The van der Waals surface area contributed by atoms with Crippen LogP contribution >= 0.6 is 0 Å². The van der Waals surface area contributed by atoms with Crippen LogP contribution in [0.1, 0.15) is 70.3 Å². The van der Waals surface area contributed by atoms with E-state index in [9.17, 15) is 4.79 Å².